The fraction of sp³-hybridized carbons (Fsp3) is 0.353. The van der Waals surface area contributed by atoms with E-state index >= 15 is 0 Å². The first-order chi connectivity index (χ1) is 21.9. The molecule has 3 heterocycles. The van der Waals surface area contributed by atoms with Crippen LogP contribution in [0.3, 0.4) is 0 Å². The maximum Gasteiger partial charge on any atom is 0.240 e. The summed E-state index contributed by atoms with van der Waals surface area (Å²) in [6.07, 6.45) is 2.65. The zero-order valence-electron chi connectivity index (χ0n) is 25.3. The second kappa shape index (κ2) is 14.2. The molecule has 2 saturated heterocycles. The van der Waals surface area contributed by atoms with Crippen molar-refractivity contribution in [2.24, 2.45) is 5.92 Å². The van der Waals surface area contributed by atoms with Gasteiger partial charge in [-0.1, -0.05) is 73.7 Å². The van der Waals surface area contributed by atoms with Gasteiger partial charge < -0.3 is 19.5 Å². The summed E-state index contributed by atoms with van der Waals surface area (Å²) in [5, 5.41) is 9.55. The van der Waals surface area contributed by atoms with Gasteiger partial charge in [-0.25, -0.2) is 23.1 Å². The molecule has 6 rings (SSSR count). The van der Waals surface area contributed by atoms with E-state index in [1.165, 1.54) is 0 Å². The third-order valence-electron chi connectivity index (χ3n) is 8.54. The number of aliphatic hydroxyl groups is 1. The fourth-order valence-corrected chi connectivity index (χ4v) is 6.86. The number of aromatic nitrogens is 2. The van der Waals surface area contributed by atoms with Crippen LogP contribution in [0.15, 0.2) is 102 Å². The van der Waals surface area contributed by atoms with Crippen LogP contribution in [0.1, 0.15) is 41.6 Å². The quantitative estimate of drug-likeness (QED) is 0.268. The molecule has 2 aliphatic heterocycles. The van der Waals surface area contributed by atoms with E-state index in [1.54, 1.807) is 42.7 Å². The van der Waals surface area contributed by atoms with Crippen molar-refractivity contribution in [3.8, 4) is 0 Å². The molecule has 0 spiro atoms. The predicted molar refractivity (Wildman–Crippen MR) is 171 cm³/mol. The Balaban J connectivity index is 1.15. The minimum Gasteiger partial charge on any atom is -0.392 e. The van der Waals surface area contributed by atoms with Crippen molar-refractivity contribution < 1.29 is 23.0 Å². The fourth-order valence-electron chi connectivity index (χ4n) is 5.82. The highest BCUT2D eigenvalue weighted by atomic mass is 32.2. The standard InChI is InChI=1S/C34H39N5O5S/c1-25-31(23-38-18-20-39(21-19-38)34-35-16-5-17-36-34)43-33(44-32(25)28-12-10-27(24-40)11-13-28)29-14-8-26(9-15-29)22-37-45(41,42)30-6-3-2-4-7-30/h2-17,25,31-33,37,40H,18-24H2,1H3/t25-,31+,32+,33+/m0/s1. The summed E-state index contributed by atoms with van der Waals surface area (Å²) in [5.41, 5.74) is 3.58. The molecule has 236 valence electrons. The number of aliphatic hydroxyl groups excluding tert-OH is 1. The number of rotatable bonds is 10. The number of hydrogen-bond donors (Lipinski definition) is 2. The average Bonchev–Trinajstić information content (AvgIpc) is 3.10. The molecule has 0 saturated carbocycles. The minimum atomic E-state index is -3.61. The number of anilines is 1. The normalized spacial score (nSPS) is 22.8. The first kappa shape index (κ1) is 31.3. The Bertz CT molecular complexity index is 1620. The highest BCUT2D eigenvalue weighted by Gasteiger charge is 2.39. The summed E-state index contributed by atoms with van der Waals surface area (Å²) >= 11 is 0. The lowest BCUT2D eigenvalue weighted by molar-refractivity contribution is -0.276. The van der Waals surface area contributed by atoms with Gasteiger partial charge in [-0.05, 0) is 34.9 Å². The van der Waals surface area contributed by atoms with E-state index in [2.05, 4.69) is 31.4 Å². The van der Waals surface area contributed by atoms with Gasteiger partial charge >= 0.3 is 0 Å². The Morgan fingerprint density at radius 2 is 1.47 bits per heavy atom. The van der Waals surface area contributed by atoms with Crippen LogP contribution >= 0.6 is 0 Å². The van der Waals surface area contributed by atoms with Gasteiger partial charge in [0.25, 0.3) is 0 Å². The van der Waals surface area contributed by atoms with Crippen LogP contribution in [0.2, 0.25) is 0 Å². The number of hydrogen-bond acceptors (Lipinski definition) is 9. The molecule has 2 fully saturated rings. The van der Waals surface area contributed by atoms with Gasteiger partial charge in [0, 0.05) is 63.1 Å². The van der Waals surface area contributed by atoms with E-state index in [0.29, 0.717) is 0 Å². The molecule has 2 N–H and O–H groups in total. The first-order valence-electron chi connectivity index (χ1n) is 15.3. The molecule has 0 amide bonds. The van der Waals surface area contributed by atoms with Gasteiger partial charge in [-0.3, -0.25) is 4.90 Å². The maximum absolute atomic E-state index is 12.7. The Hall–Kier alpha value is -3.71. The van der Waals surface area contributed by atoms with Crippen molar-refractivity contribution in [2.75, 3.05) is 37.6 Å². The second-order valence-electron chi connectivity index (χ2n) is 11.5. The molecule has 3 aromatic carbocycles. The lowest BCUT2D eigenvalue weighted by atomic mass is 9.90. The van der Waals surface area contributed by atoms with Crippen LogP contribution in [0.4, 0.5) is 5.95 Å². The molecule has 45 heavy (non-hydrogen) atoms. The van der Waals surface area contributed by atoms with Crippen LogP contribution in [0.5, 0.6) is 0 Å². The molecule has 1 aromatic heterocycles. The van der Waals surface area contributed by atoms with Crippen molar-refractivity contribution in [1.29, 1.82) is 0 Å². The van der Waals surface area contributed by atoms with Gasteiger partial charge in [-0.2, -0.15) is 0 Å². The van der Waals surface area contributed by atoms with Gasteiger partial charge in [0.05, 0.1) is 23.7 Å². The van der Waals surface area contributed by atoms with E-state index in [9.17, 15) is 13.5 Å². The molecular weight excluding hydrogens is 590 g/mol. The van der Waals surface area contributed by atoms with E-state index < -0.39 is 16.3 Å². The molecule has 0 bridgehead atoms. The summed E-state index contributed by atoms with van der Waals surface area (Å²) in [6, 6.07) is 25.8. The smallest absolute Gasteiger partial charge is 0.240 e. The topological polar surface area (TPSA) is 117 Å². The first-order valence-corrected chi connectivity index (χ1v) is 16.8. The second-order valence-corrected chi connectivity index (χ2v) is 13.3. The number of nitrogens with zero attached hydrogens (tertiary/aromatic N) is 4. The molecular formula is C34H39N5O5S. The maximum atomic E-state index is 12.7. The van der Waals surface area contributed by atoms with E-state index in [0.717, 1.165) is 60.9 Å². The molecule has 4 aromatic rings. The summed E-state index contributed by atoms with van der Waals surface area (Å²) in [4.78, 5) is 13.7. The van der Waals surface area contributed by atoms with Crippen LogP contribution in [0.25, 0.3) is 0 Å². The van der Waals surface area contributed by atoms with Gasteiger partial charge in [-0.15, -0.1) is 0 Å². The van der Waals surface area contributed by atoms with Crippen LogP contribution in [-0.2, 0) is 32.6 Å². The summed E-state index contributed by atoms with van der Waals surface area (Å²) < 4.78 is 41.3. The largest absolute Gasteiger partial charge is 0.392 e. The molecule has 0 radical (unpaired) electrons. The van der Waals surface area contributed by atoms with Crippen molar-refractivity contribution >= 4 is 16.0 Å². The Kier molecular flexibility index (Phi) is 9.84. The lowest BCUT2D eigenvalue weighted by Gasteiger charge is -2.44. The Morgan fingerprint density at radius 3 is 2.13 bits per heavy atom. The predicted octanol–water partition coefficient (Wildman–Crippen LogP) is 4.06. The molecule has 2 aliphatic rings. The third-order valence-corrected chi connectivity index (χ3v) is 9.96. The average molecular weight is 630 g/mol. The van der Waals surface area contributed by atoms with Crippen LogP contribution in [0, 0.1) is 5.92 Å². The zero-order chi connectivity index (χ0) is 31.2. The van der Waals surface area contributed by atoms with Crippen LogP contribution < -0.4 is 9.62 Å². The molecule has 11 heteroatoms. The molecule has 4 atom stereocenters. The number of piperazine rings is 1. The van der Waals surface area contributed by atoms with Gasteiger partial charge in [0.15, 0.2) is 6.29 Å². The summed E-state index contributed by atoms with van der Waals surface area (Å²) in [5.74, 6) is 0.832. The monoisotopic (exact) mass is 629 g/mol. The summed E-state index contributed by atoms with van der Waals surface area (Å²) in [7, 11) is -3.61. The van der Waals surface area contributed by atoms with Crippen molar-refractivity contribution in [3.63, 3.8) is 0 Å². The van der Waals surface area contributed by atoms with Gasteiger partial charge in [0.2, 0.25) is 16.0 Å². The van der Waals surface area contributed by atoms with Crippen molar-refractivity contribution in [3.05, 3.63) is 120 Å². The number of ether oxygens (including phenoxy) is 2. The Morgan fingerprint density at radius 1 is 0.822 bits per heavy atom. The van der Waals surface area contributed by atoms with E-state index in [-0.39, 0.29) is 36.2 Å². The van der Waals surface area contributed by atoms with Crippen molar-refractivity contribution in [1.82, 2.24) is 19.6 Å². The molecule has 10 nitrogen and oxygen atoms in total. The number of benzene rings is 3. The van der Waals surface area contributed by atoms with Gasteiger partial charge in [0.1, 0.15) is 0 Å². The highest BCUT2D eigenvalue weighted by molar-refractivity contribution is 7.89. The minimum absolute atomic E-state index is 0.0103. The SMILES string of the molecule is C[C@H]1[C@@H](CN2CCN(c3ncccn3)CC2)O[C@@H](c2ccc(CNS(=O)(=O)c3ccccc3)cc2)O[C@H]1c1ccc(CO)cc1. The highest BCUT2D eigenvalue weighted by Crippen LogP contribution is 2.42. The zero-order valence-corrected chi connectivity index (χ0v) is 26.1. The van der Waals surface area contributed by atoms with Crippen molar-refractivity contribution in [2.45, 2.75) is 43.5 Å². The van der Waals surface area contributed by atoms with E-state index in [1.807, 2.05) is 54.6 Å². The number of nitrogens with one attached hydrogen (secondary N) is 1. The van der Waals surface area contributed by atoms with Crippen LogP contribution in [-0.4, -0.2) is 67.2 Å². The van der Waals surface area contributed by atoms with E-state index in [4.69, 9.17) is 9.47 Å². The summed E-state index contributed by atoms with van der Waals surface area (Å²) in [6.45, 7) is 6.52. The number of sulfonamides is 1. The molecule has 0 unspecified atom stereocenters. The lowest BCUT2D eigenvalue weighted by Crippen LogP contribution is -2.51. The molecule has 0 aliphatic carbocycles. The Labute approximate surface area is 264 Å². The third kappa shape index (κ3) is 7.58.